The molecule has 1 N–H and O–H groups in total. The standard InChI is InChI=1S/C19H25N3O2/c23-18-11-17(14-22(18)13-16-7-4-9-20-12-16)19(24)21-10-8-15-5-2-1-3-6-15/h4-5,7,9,12,17H,1-3,6,8,10-11,13-14H2,(H,21,24). The zero-order valence-electron chi connectivity index (χ0n) is 14.0. The minimum absolute atomic E-state index is 0.00782. The topological polar surface area (TPSA) is 62.3 Å². The molecule has 5 nitrogen and oxygen atoms in total. The first-order chi connectivity index (χ1) is 11.7. The van der Waals surface area contributed by atoms with Gasteiger partial charge < -0.3 is 10.2 Å². The maximum absolute atomic E-state index is 12.3. The summed E-state index contributed by atoms with van der Waals surface area (Å²) < 4.78 is 0. The molecule has 1 aliphatic carbocycles. The van der Waals surface area contributed by atoms with Crippen molar-refractivity contribution in [1.29, 1.82) is 0 Å². The highest BCUT2D eigenvalue weighted by molar-refractivity contribution is 5.89. The molecule has 1 aliphatic heterocycles. The highest BCUT2D eigenvalue weighted by Crippen LogP contribution is 2.21. The van der Waals surface area contributed by atoms with Crippen LogP contribution in [0.15, 0.2) is 36.2 Å². The summed E-state index contributed by atoms with van der Waals surface area (Å²) in [4.78, 5) is 30.3. The van der Waals surface area contributed by atoms with Crippen molar-refractivity contribution in [3.8, 4) is 0 Å². The van der Waals surface area contributed by atoms with Gasteiger partial charge in [0.25, 0.3) is 0 Å². The summed E-state index contributed by atoms with van der Waals surface area (Å²) in [5.41, 5.74) is 2.46. The lowest BCUT2D eigenvalue weighted by atomic mass is 9.97. The van der Waals surface area contributed by atoms with Crippen molar-refractivity contribution in [2.24, 2.45) is 5.92 Å². The smallest absolute Gasteiger partial charge is 0.225 e. The third-order valence-electron chi connectivity index (χ3n) is 4.81. The third-order valence-corrected chi connectivity index (χ3v) is 4.81. The fraction of sp³-hybridized carbons (Fsp3) is 0.526. The van der Waals surface area contributed by atoms with Crippen LogP contribution in [0.2, 0.25) is 0 Å². The maximum Gasteiger partial charge on any atom is 0.225 e. The van der Waals surface area contributed by atoms with E-state index in [1.165, 1.54) is 24.8 Å². The molecule has 1 atom stereocenters. The number of pyridine rings is 1. The Labute approximate surface area is 143 Å². The van der Waals surface area contributed by atoms with Crippen LogP contribution < -0.4 is 5.32 Å². The van der Waals surface area contributed by atoms with Gasteiger partial charge in [-0.3, -0.25) is 14.6 Å². The lowest BCUT2D eigenvalue weighted by molar-refractivity contribution is -0.129. The Hall–Kier alpha value is -2.17. The predicted molar refractivity (Wildman–Crippen MR) is 91.9 cm³/mol. The van der Waals surface area contributed by atoms with Gasteiger partial charge in [0.1, 0.15) is 0 Å². The van der Waals surface area contributed by atoms with Crippen LogP contribution in [0.4, 0.5) is 0 Å². The number of amides is 2. The molecule has 0 spiro atoms. The van der Waals surface area contributed by atoms with Gasteiger partial charge >= 0.3 is 0 Å². The summed E-state index contributed by atoms with van der Waals surface area (Å²) in [6.07, 6.45) is 11.9. The molecule has 1 aromatic rings. The number of rotatable bonds is 6. The highest BCUT2D eigenvalue weighted by atomic mass is 16.2. The van der Waals surface area contributed by atoms with Crippen molar-refractivity contribution in [3.05, 3.63) is 41.7 Å². The molecule has 2 aliphatic rings. The molecule has 24 heavy (non-hydrogen) atoms. The molecule has 0 bridgehead atoms. The Kier molecular flexibility index (Phi) is 5.62. The Balaban J connectivity index is 1.44. The monoisotopic (exact) mass is 327 g/mol. The first kappa shape index (κ1) is 16.7. The van der Waals surface area contributed by atoms with Crippen LogP contribution in [0.1, 0.15) is 44.1 Å². The van der Waals surface area contributed by atoms with Crippen LogP contribution in [0.3, 0.4) is 0 Å². The zero-order chi connectivity index (χ0) is 16.8. The van der Waals surface area contributed by atoms with Crippen LogP contribution in [-0.2, 0) is 16.1 Å². The number of carbonyl (C=O) groups is 2. The molecule has 0 aromatic carbocycles. The molecule has 1 fully saturated rings. The summed E-state index contributed by atoms with van der Waals surface area (Å²) in [5, 5.41) is 3.01. The summed E-state index contributed by atoms with van der Waals surface area (Å²) in [6, 6.07) is 3.81. The molecule has 1 saturated heterocycles. The van der Waals surface area contributed by atoms with Crippen molar-refractivity contribution < 1.29 is 9.59 Å². The van der Waals surface area contributed by atoms with E-state index in [4.69, 9.17) is 0 Å². The average Bonchev–Trinajstić information content (AvgIpc) is 2.97. The number of allylic oxidation sites excluding steroid dienone is 1. The number of nitrogens with zero attached hydrogens (tertiary/aromatic N) is 2. The molecule has 0 radical (unpaired) electrons. The second-order valence-corrected chi connectivity index (χ2v) is 6.69. The normalized spacial score (nSPS) is 20.8. The minimum Gasteiger partial charge on any atom is -0.355 e. The molecule has 2 amide bonds. The first-order valence-electron chi connectivity index (χ1n) is 8.84. The molecular formula is C19H25N3O2. The third kappa shape index (κ3) is 4.43. The van der Waals surface area contributed by atoms with E-state index in [1.54, 1.807) is 17.3 Å². The second-order valence-electron chi connectivity index (χ2n) is 6.69. The van der Waals surface area contributed by atoms with Crippen molar-refractivity contribution in [1.82, 2.24) is 15.2 Å². The van der Waals surface area contributed by atoms with Crippen LogP contribution >= 0.6 is 0 Å². The molecule has 5 heteroatoms. The molecule has 3 rings (SSSR count). The number of aromatic nitrogens is 1. The Morgan fingerprint density at radius 2 is 2.29 bits per heavy atom. The molecule has 128 valence electrons. The molecule has 2 heterocycles. The van der Waals surface area contributed by atoms with E-state index in [-0.39, 0.29) is 17.7 Å². The lowest BCUT2D eigenvalue weighted by Crippen LogP contribution is -2.33. The first-order valence-corrected chi connectivity index (χ1v) is 8.84. The van der Waals surface area contributed by atoms with E-state index in [0.717, 1.165) is 18.4 Å². The highest BCUT2D eigenvalue weighted by Gasteiger charge is 2.34. The van der Waals surface area contributed by atoms with Crippen LogP contribution in [0, 0.1) is 5.92 Å². The van der Waals surface area contributed by atoms with Crippen molar-refractivity contribution in [3.63, 3.8) is 0 Å². The second kappa shape index (κ2) is 8.08. The van der Waals surface area contributed by atoms with Gasteiger partial charge in [-0.1, -0.05) is 17.7 Å². The SMILES string of the molecule is O=C(NCCC1=CCCCC1)C1CC(=O)N(Cc2cccnc2)C1. The van der Waals surface area contributed by atoms with Gasteiger partial charge in [0.15, 0.2) is 0 Å². The number of nitrogens with one attached hydrogen (secondary N) is 1. The van der Waals surface area contributed by atoms with E-state index in [9.17, 15) is 9.59 Å². The van der Waals surface area contributed by atoms with Crippen molar-refractivity contribution >= 4 is 11.8 Å². The zero-order valence-corrected chi connectivity index (χ0v) is 14.0. The Bertz CT molecular complexity index is 612. The van der Waals surface area contributed by atoms with Gasteiger partial charge in [-0.25, -0.2) is 0 Å². The fourth-order valence-electron chi connectivity index (χ4n) is 3.43. The fourth-order valence-corrected chi connectivity index (χ4v) is 3.43. The molecule has 1 aromatic heterocycles. The van der Waals surface area contributed by atoms with Crippen molar-refractivity contribution in [2.75, 3.05) is 13.1 Å². The summed E-state index contributed by atoms with van der Waals surface area (Å²) in [7, 11) is 0. The van der Waals surface area contributed by atoms with E-state index in [2.05, 4.69) is 16.4 Å². The van der Waals surface area contributed by atoms with E-state index in [0.29, 0.717) is 26.1 Å². The van der Waals surface area contributed by atoms with E-state index >= 15 is 0 Å². The molecule has 0 saturated carbocycles. The number of carbonyl (C=O) groups excluding carboxylic acids is 2. The van der Waals surface area contributed by atoms with E-state index < -0.39 is 0 Å². The summed E-state index contributed by atoms with van der Waals surface area (Å²) >= 11 is 0. The summed E-state index contributed by atoms with van der Waals surface area (Å²) in [6.45, 7) is 1.71. The van der Waals surface area contributed by atoms with Crippen molar-refractivity contribution in [2.45, 2.75) is 45.1 Å². The van der Waals surface area contributed by atoms with Gasteiger partial charge in [0, 0.05) is 38.4 Å². The quantitative estimate of drug-likeness (QED) is 0.816. The molecule has 1 unspecified atom stereocenters. The number of hydrogen-bond donors (Lipinski definition) is 1. The predicted octanol–water partition coefficient (Wildman–Crippen LogP) is 2.44. The van der Waals surface area contributed by atoms with Gasteiger partial charge in [-0.05, 0) is 43.7 Å². The van der Waals surface area contributed by atoms with Crippen LogP contribution in [0.25, 0.3) is 0 Å². The maximum atomic E-state index is 12.3. The Morgan fingerprint density at radius 1 is 1.38 bits per heavy atom. The Morgan fingerprint density at radius 3 is 3.04 bits per heavy atom. The number of likely N-dealkylation sites (tertiary alicyclic amines) is 1. The lowest BCUT2D eigenvalue weighted by Gasteiger charge is -2.17. The van der Waals surface area contributed by atoms with E-state index in [1.807, 2.05) is 12.1 Å². The number of hydrogen-bond acceptors (Lipinski definition) is 3. The molecular weight excluding hydrogens is 302 g/mol. The van der Waals surface area contributed by atoms with Crippen LogP contribution in [-0.4, -0.2) is 34.8 Å². The van der Waals surface area contributed by atoms with Crippen LogP contribution in [0.5, 0.6) is 0 Å². The average molecular weight is 327 g/mol. The van der Waals surface area contributed by atoms with Gasteiger partial charge in [0.2, 0.25) is 11.8 Å². The minimum atomic E-state index is -0.227. The summed E-state index contributed by atoms with van der Waals surface area (Å²) in [5.74, 6) is -0.169. The van der Waals surface area contributed by atoms with Gasteiger partial charge in [-0.2, -0.15) is 0 Å². The van der Waals surface area contributed by atoms with Gasteiger partial charge in [0.05, 0.1) is 5.92 Å². The van der Waals surface area contributed by atoms with Gasteiger partial charge in [-0.15, -0.1) is 0 Å². The largest absolute Gasteiger partial charge is 0.355 e.